The number of amides is 2. The maximum absolute atomic E-state index is 12.7. The summed E-state index contributed by atoms with van der Waals surface area (Å²) in [4.78, 5) is 43.8. The number of rotatable bonds is 8. The van der Waals surface area contributed by atoms with Crippen molar-refractivity contribution in [3.8, 4) is 0 Å². The van der Waals surface area contributed by atoms with Crippen LogP contribution in [-0.2, 0) is 14.3 Å². The van der Waals surface area contributed by atoms with Crippen molar-refractivity contribution >= 4 is 23.3 Å². The van der Waals surface area contributed by atoms with Crippen LogP contribution in [-0.4, -0.2) is 60.1 Å². The lowest BCUT2D eigenvalue weighted by Gasteiger charge is -2.38. The van der Waals surface area contributed by atoms with E-state index in [1.807, 2.05) is 27.7 Å². The maximum atomic E-state index is 12.7. The highest BCUT2D eigenvalue weighted by Gasteiger charge is 2.35. The number of ketones is 1. The van der Waals surface area contributed by atoms with Crippen LogP contribution in [0.3, 0.4) is 0 Å². The average Bonchev–Trinajstić information content (AvgIpc) is 2.79. The number of benzene rings is 1. The second-order valence-electron chi connectivity index (χ2n) is 7.73. The van der Waals surface area contributed by atoms with Gasteiger partial charge in [0.15, 0.2) is 0 Å². The Bertz CT molecular complexity index is 861. The molecule has 0 bridgehead atoms. The molecule has 7 heteroatoms. The molecule has 2 amide bonds. The number of piperidine rings is 1. The zero-order valence-corrected chi connectivity index (χ0v) is 19.1. The number of hydrogen-bond donors (Lipinski definition) is 1. The highest BCUT2D eigenvalue weighted by molar-refractivity contribution is 6.42. The second kappa shape index (κ2) is 11.6. The molecule has 1 fully saturated rings. The van der Waals surface area contributed by atoms with E-state index >= 15 is 0 Å². The zero-order chi connectivity index (χ0) is 23.0. The number of carbonyl (C=O) groups is 3. The van der Waals surface area contributed by atoms with Crippen LogP contribution in [0.5, 0.6) is 0 Å². The largest absolute Gasteiger partial charge is 0.375 e. The van der Waals surface area contributed by atoms with Crippen LogP contribution in [0.25, 0.3) is 0 Å². The van der Waals surface area contributed by atoms with Gasteiger partial charge in [-0.15, -0.1) is 0 Å². The van der Waals surface area contributed by atoms with Gasteiger partial charge in [0.05, 0.1) is 12.1 Å². The molecule has 1 aromatic rings. The average molecular weight is 428 g/mol. The molecule has 2 rings (SSSR count). The molecule has 0 aromatic heterocycles. The van der Waals surface area contributed by atoms with Crippen LogP contribution < -0.4 is 5.32 Å². The van der Waals surface area contributed by atoms with Crippen molar-refractivity contribution in [2.24, 2.45) is 4.99 Å². The van der Waals surface area contributed by atoms with Gasteiger partial charge in [0, 0.05) is 31.0 Å². The Morgan fingerprint density at radius 2 is 1.81 bits per heavy atom. The predicted octanol–water partition coefficient (Wildman–Crippen LogP) is 3.16. The molecule has 7 nitrogen and oxygen atoms in total. The molecule has 1 saturated heterocycles. The number of nitrogens with zero attached hydrogens (tertiary/aromatic N) is 2. The molecule has 1 aliphatic rings. The van der Waals surface area contributed by atoms with E-state index in [-0.39, 0.29) is 18.5 Å². The van der Waals surface area contributed by atoms with Gasteiger partial charge in [-0.1, -0.05) is 42.8 Å². The lowest BCUT2D eigenvalue weighted by atomic mass is 10.00. The van der Waals surface area contributed by atoms with Crippen LogP contribution in [0.1, 0.15) is 57.8 Å². The van der Waals surface area contributed by atoms with Crippen LogP contribution >= 0.6 is 0 Å². The van der Waals surface area contributed by atoms with Crippen molar-refractivity contribution in [3.63, 3.8) is 0 Å². The second-order valence-corrected chi connectivity index (χ2v) is 7.73. The Kier molecular flexibility index (Phi) is 9.12. The molecule has 1 aliphatic heterocycles. The van der Waals surface area contributed by atoms with E-state index in [4.69, 9.17) is 4.74 Å². The van der Waals surface area contributed by atoms with Crippen molar-refractivity contribution < 1.29 is 19.1 Å². The number of ether oxygens (including phenoxy) is 1. The van der Waals surface area contributed by atoms with Crippen molar-refractivity contribution in [3.05, 3.63) is 47.2 Å². The highest BCUT2D eigenvalue weighted by Crippen LogP contribution is 2.17. The number of allylic oxidation sites excluding steroid dienone is 2. The minimum Gasteiger partial charge on any atom is -0.375 e. The molecule has 31 heavy (non-hydrogen) atoms. The van der Waals surface area contributed by atoms with Gasteiger partial charge in [0.1, 0.15) is 5.71 Å². The summed E-state index contributed by atoms with van der Waals surface area (Å²) >= 11 is 0. The normalized spacial score (nSPS) is 20.2. The monoisotopic (exact) mass is 427 g/mol. The van der Waals surface area contributed by atoms with Crippen molar-refractivity contribution in [2.75, 3.05) is 19.7 Å². The van der Waals surface area contributed by atoms with E-state index < -0.39 is 17.8 Å². The maximum Gasteiger partial charge on any atom is 0.295 e. The van der Waals surface area contributed by atoms with Gasteiger partial charge in [-0.3, -0.25) is 19.4 Å². The van der Waals surface area contributed by atoms with E-state index in [9.17, 15) is 14.4 Å². The van der Waals surface area contributed by atoms with Gasteiger partial charge >= 0.3 is 0 Å². The highest BCUT2D eigenvalue weighted by atomic mass is 16.5. The van der Waals surface area contributed by atoms with Crippen molar-refractivity contribution in [1.29, 1.82) is 0 Å². The molecule has 1 N–H and O–H groups in total. The number of hydrogen-bond acceptors (Lipinski definition) is 5. The number of aliphatic imine (C=N–C) groups is 1. The SMILES string of the molecule is CCO[C@H]1CN(C(=O)C(=O)c2ccccc2)CCC1NC(=O)/C(C)=N/C(C)=C(\C)CC. The molecule has 1 unspecified atom stereocenters. The zero-order valence-electron chi connectivity index (χ0n) is 19.1. The third-order valence-corrected chi connectivity index (χ3v) is 5.59. The molecule has 0 aliphatic carbocycles. The first-order chi connectivity index (χ1) is 14.8. The molecular formula is C24H33N3O4. The number of likely N-dealkylation sites (tertiary alicyclic amines) is 1. The van der Waals surface area contributed by atoms with E-state index in [0.717, 1.165) is 17.7 Å². The van der Waals surface area contributed by atoms with Crippen molar-refractivity contribution in [1.82, 2.24) is 10.2 Å². The lowest BCUT2D eigenvalue weighted by molar-refractivity contribution is -0.132. The topological polar surface area (TPSA) is 88.1 Å². The van der Waals surface area contributed by atoms with Gasteiger partial charge in [-0.05, 0) is 40.5 Å². The van der Waals surface area contributed by atoms with Gasteiger partial charge < -0.3 is 15.0 Å². The smallest absolute Gasteiger partial charge is 0.295 e. The molecule has 1 aromatic carbocycles. The third-order valence-electron chi connectivity index (χ3n) is 5.59. The summed E-state index contributed by atoms with van der Waals surface area (Å²) < 4.78 is 5.81. The minimum atomic E-state index is -0.547. The summed E-state index contributed by atoms with van der Waals surface area (Å²) in [5, 5.41) is 3.00. The summed E-state index contributed by atoms with van der Waals surface area (Å²) in [7, 11) is 0. The van der Waals surface area contributed by atoms with Gasteiger partial charge in [0.25, 0.3) is 11.8 Å². The fourth-order valence-corrected chi connectivity index (χ4v) is 3.43. The Morgan fingerprint density at radius 1 is 1.13 bits per heavy atom. The predicted molar refractivity (Wildman–Crippen MR) is 121 cm³/mol. The molecule has 0 radical (unpaired) electrons. The Morgan fingerprint density at radius 3 is 2.42 bits per heavy atom. The van der Waals surface area contributed by atoms with Crippen LogP contribution in [0, 0.1) is 0 Å². The summed E-state index contributed by atoms with van der Waals surface area (Å²) in [6.45, 7) is 10.6. The standard InChI is InChI=1S/C24H33N3O4/c1-6-16(3)17(4)25-18(5)23(29)26-20-13-14-27(15-21(20)31-7-2)24(30)22(28)19-11-9-8-10-12-19/h8-12,20-21H,6-7,13-15H2,1-5H3,(H,26,29)/b17-16+,25-18+/t20?,21-/m0/s1. The Hall–Kier alpha value is -2.80. The van der Waals surface area contributed by atoms with Crippen LogP contribution in [0.4, 0.5) is 0 Å². The number of carbonyl (C=O) groups excluding carboxylic acids is 3. The Balaban J connectivity index is 2.06. The molecule has 1 heterocycles. The fourth-order valence-electron chi connectivity index (χ4n) is 3.43. The quantitative estimate of drug-likeness (QED) is 0.392. The van der Waals surface area contributed by atoms with E-state index in [2.05, 4.69) is 10.3 Å². The van der Waals surface area contributed by atoms with Gasteiger partial charge in [-0.25, -0.2) is 0 Å². The van der Waals surface area contributed by atoms with Crippen LogP contribution in [0.2, 0.25) is 0 Å². The fraction of sp³-hybridized carbons (Fsp3) is 0.500. The first kappa shape index (κ1) is 24.5. The summed E-state index contributed by atoms with van der Waals surface area (Å²) in [5.41, 5.74) is 2.73. The third kappa shape index (κ3) is 6.59. The number of nitrogens with one attached hydrogen (secondary N) is 1. The van der Waals surface area contributed by atoms with Crippen molar-refractivity contribution in [2.45, 2.75) is 59.6 Å². The number of Topliss-reactive ketones (excluding diaryl/α,β-unsaturated/α-hetero) is 1. The lowest BCUT2D eigenvalue weighted by Crippen LogP contribution is -2.57. The molecule has 2 atom stereocenters. The molecule has 0 saturated carbocycles. The summed E-state index contributed by atoms with van der Waals surface area (Å²) in [5.74, 6) is -1.33. The van der Waals surface area contributed by atoms with Crippen LogP contribution in [0.15, 0.2) is 46.6 Å². The molecular weight excluding hydrogens is 394 g/mol. The summed E-state index contributed by atoms with van der Waals surface area (Å²) in [6, 6.07) is 8.26. The van der Waals surface area contributed by atoms with E-state index in [1.54, 1.807) is 37.3 Å². The van der Waals surface area contributed by atoms with Gasteiger partial charge in [-0.2, -0.15) is 0 Å². The van der Waals surface area contributed by atoms with E-state index in [0.29, 0.717) is 30.8 Å². The first-order valence-corrected chi connectivity index (χ1v) is 10.8. The summed E-state index contributed by atoms with van der Waals surface area (Å²) in [6.07, 6.45) is 0.988. The van der Waals surface area contributed by atoms with E-state index in [1.165, 1.54) is 4.90 Å². The molecule has 0 spiro atoms. The minimum absolute atomic E-state index is 0.250. The Labute approximate surface area is 184 Å². The molecule has 168 valence electrons. The van der Waals surface area contributed by atoms with Gasteiger partial charge in [0.2, 0.25) is 5.78 Å². The first-order valence-electron chi connectivity index (χ1n) is 10.8.